The first-order valence-electron chi connectivity index (χ1n) is 7.01. The first-order valence-corrected chi connectivity index (χ1v) is 7.39. The Hall–Kier alpha value is -1.59. The Morgan fingerprint density at radius 1 is 1.48 bits per heavy atom. The number of aliphatic hydroxyl groups is 1. The molecule has 2 atom stereocenters. The molecule has 2 N–H and O–H groups in total. The molecular weight excluding hydrogens is 292 g/mol. The highest BCUT2D eigenvalue weighted by atomic mass is 35.5. The Morgan fingerprint density at radius 2 is 2.14 bits per heavy atom. The molecule has 0 spiro atoms. The van der Waals surface area contributed by atoms with Gasteiger partial charge in [0.05, 0.1) is 0 Å². The molecule has 0 saturated carbocycles. The van der Waals surface area contributed by atoms with E-state index in [1.54, 1.807) is 29.2 Å². The lowest BCUT2D eigenvalue weighted by Gasteiger charge is -2.18. The van der Waals surface area contributed by atoms with E-state index in [-0.39, 0.29) is 24.5 Å². The molecule has 1 fully saturated rings. The summed E-state index contributed by atoms with van der Waals surface area (Å²) in [7, 11) is 0. The second-order valence-electron chi connectivity index (χ2n) is 5.23. The maximum Gasteiger partial charge on any atom is 0.239 e. The van der Waals surface area contributed by atoms with Crippen molar-refractivity contribution in [2.75, 3.05) is 18.1 Å². The lowest BCUT2D eigenvalue weighted by atomic mass is 10.1. The summed E-state index contributed by atoms with van der Waals surface area (Å²) in [4.78, 5) is 26.1. The number of benzene rings is 1. The number of carbonyl (C=O) groups excluding carboxylic acids is 2. The topological polar surface area (TPSA) is 69.6 Å². The van der Waals surface area contributed by atoms with Crippen LogP contribution in [-0.2, 0) is 9.59 Å². The molecule has 2 rings (SSSR count). The molecule has 0 bridgehead atoms. The highest BCUT2D eigenvalue weighted by Gasteiger charge is 2.37. The predicted octanol–water partition coefficient (Wildman–Crippen LogP) is 1.58. The van der Waals surface area contributed by atoms with Gasteiger partial charge in [0.15, 0.2) is 0 Å². The number of hydrogen-bond donors (Lipinski definition) is 2. The molecule has 1 aliphatic rings. The average molecular weight is 311 g/mol. The Bertz CT molecular complexity index is 518. The SMILES string of the molecule is CC(CCO)NC(=O)C1CCN(c2ccc(Cl)cc2)C1=O. The van der Waals surface area contributed by atoms with Gasteiger partial charge in [-0.2, -0.15) is 0 Å². The number of anilines is 1. The second-order valence-corrected chi connectivity index (χ2v) is 5.67. The van der Waals surface area contributed by atoms with Gasteiger partial charge < -0.3 is 15.3 Å². The lowest BCUT2D eigenvalue weighted by molar-refractivity contribution is -0.132. The third kappa shape index (κ3) is 3.74. The molecule has 114 valence electrons. The fourth-order valence-electron chi connectivity index (χ4n) is 2.41. The van der Waals surface area contributed by atoms with Crippen molar-refractivity contribution in [2.45, 2.75) is 25.8 Å². The fourth-order valence-corrected chi connectivity index (χ4v) is 2.54. The molecule has 1 saturated heterocycles. The van der Waals surface area contributed by atoms with Crippen LogP contribution in [0.25, 0.3) is 0 Å². The van der Waals surface area contributed by atoms with Crippen molar-refractivity contribution in [2.24, 2.45) is 5.92 Å². The van der Waals surface area contributed by atoms with Gasteiger partial charge in [0.2, 0.25) is 11.8 Å². The van der Waals surface area contributed by atoms with Gasteiger partial charge in [0.1, 0.15) is 5.92 Å². The number of aliphatic hydroxyl groups excluding tert-OH is 1. The smallest absolute Gasteiger partial charge is 0.239 e. The molecule has 1 aliphatic heterocycles. The molecule has 2 unspecified atom stereocenters. The van der Waals surface area contributed by atoms with Crippen LogP contribution in [0.2, 0.25) is 5.02 Å². The molecule has 0 aliphatic carbocycles. The van der Waals surface area contributed by atoms with Crippen LogP contribution in [0.1, 0.15) is 19.8 Å². The third-order valence-corrected chi connectivity index (χ3v) is 3.86. The minimum atomic E-state index is -0.651. The monoisotopic (exact) mass is 310 g/mol. The van der Waals surface area contributed by atoms with Gasteiger partial charge in [-0.05, 0) is 44.0 Å². The standard InChI is InChI=1S/C15H19ClN2O3/c1-10(7-9-19)17-14(20)13-6-8-18(15(13)21)12-4-2-11(16)3-5-12/h2-5,10,13,19H,6-9H2,1H3,(H,17,20). The van der Waals surface area contributed by atoms with E-state index in [0.29, 0.717) is 24.4 Å². The summed E-state index contributed by atoms with van der Waals surface area (Å²) in [5.74, 6) is -1.11. The van der Waals surface area contributed by atoms with Crippen molar-refractivity contribution < 1.29 is 14.7 Å². The highest BCUT2D eigenvalue weighted by Crippen LogP contribution is 2.26. The fraction of sp³-hybridized carbons (Fsp3) is 0.467. The maximum atomic E-state index is 12.4. The maximum absolute atomic E-state index is 12.4. The van der Waals surface area contributed by atoms with E-state index in [2.05, 4.69) is 5.32 Å². The van der Waals surface area contributed by atoms with Crippen molar-refractivity contribution in [1.29, 1.82) is 0 Å². The van der Waals surface area contributed by atoms with Crippen molar-refractivity contribution in [1.82, 2.24) is 5.32 Å². The Labute approximate surface area is 128 Å². The molecule has 1 heterocycles. The second kappa shape index (κ2) is 6.91. The summed E-state index contributed by atoms with van der Waals surface area (Å²) in [6.07, 6.45) is 0.979. The largest absolute Gasteiger partial charge is 0.396 e. The van der Waals surface area contributed by atoms with E-state index >= 15 is 0 Å². The van der Waals surface area contributed by atoms with Crippen LogP contribution in [-0.4, -0.2) is 36.1 Å². The Morgan fingerprint density at radius 3 is 2.76 bits per heavy atom. The van der Waals surface area contributed by atoms with E-state index in [1.165, 1.54) is 0 Å². The van der Waals surface area contributed by atoms with Crippen LogP contribution in [0.4, 0.5) is 5.69 Å². The number of carbonyl (C=O) groups is 2. The molecular formula is C15H19ClN2O3. The van der Waals surface area contributed by atoms with Gasteiger partial charge >= 0.3 is 0 Å². The Balaban J connectivity index is 2.01. The van der Waals surface area contributed by atoms with Gasteiger partial charge in [-0.25, -0.2) is 0 Å². The molecule has 21 heavy (non-hydrogen) atoms. The van der Waals surface area contributed by atoms with Crippen LogP contribution in [0.5, 0.6) is 0 Å². The molecule has 1 aromatic carbocycles. The number of nitrogens with zero attached hydrogens (tertiary/aromatic N) is 1. The number of amides is 2. The van der Waals surface area contributed by atoms with Crippen LogP contribution >= 0.6 is 11.6 Å². The molecule has 0 aromatic heterocycles. The quantitative estimate of drug-likeness (QED) is 0.811. The first kappa shape index (κ1) is 15.8. The van der Waals surface area contributed by atoms with E-state index in [0.717, 1.165) is 5.69 Å². The van der Waals surface area contributed by atoms with Crippen molar-refractivity contribution in [3.05, 3.63) is 29.3 Å². The molecule has 6 heteroatoms. The highest BCUT2D eigenvalue weighted by molar-refractivity contribution is 6.30. The molecule has 2 amide bonds. The summed E-state index contributed by atoms with van der Waals surface area (Å²) >= 11 is 5.83. The summed E-state index contributed by atoms with van der Waals surface area (Å²) in [6.45, 7) is 2.34. The van der Waals surface area contributed by atoms with Crippen LogP contribution in [0, 0.1) is 5.92 Å². The van der Waals surface area contributed by atoms with Gasteiger partial charge in [0, 0.05) is 29.9 Å². The minimum absolute atomic E-state index is 0.0109. The average Bonchev–Trinajstić information content (AvgIpc) is 2.82. The van der Waals surface area contributed by atoms with Gasteiger partial charge in [-0.15, -0.1) is 0 Å². The summed E-state index contributed by atoms with van der Waals surface area (Å²) in [5.41, 5.74) is 0.753. The third-order valence-electron chi connectivity index (χ3n) is 3.61. The number of nitrogens with one attached hydrogen (secondary N) is 1. The zero-order valence-electron chi connectivity index (χ0n) is 11.9. The van der Waals surface area contributed by atoms with E-state index in [9.17, 15) is 9.59 Å². The van der Waals surface area contributed by atoms with Crippen LogP contribution in [0.3, 0.4) is 0 Å². The van der Waals surface area contributed by atoms with E-state index < -0.39 is 5.92 Å². The lowest BCUT2D eigenvalue weighted by Crippen LogP contribution is -2.41. The molecule has 0 radical (unpaired) electrons. The predicted molar refractivity (Wildman–Crippen MR) is 81.2 cm³/mol. The first-order chi connectivity index (χ1) is 10.0. The van der Waals surface area contributed by atoms with Crippen LogP contribution < -0.4 is 10.2 Å². The van der Waals surface area contributed by atoms with Gasteiger partial charge in [-0.1, -0.05) is 11.6 Å². The zero-order chi connectivity index (χ0) is 15.4. The van der Waals surface area contributed by atoms with Gasteiger partial charge in [0.25, 0.3) is 0 Å². The van der Waals surface area contributed by atoms with Crippen molar-refractivity contribution in [3.8, 4) is 0 Å². The summed E-state index contributed by atoms with van der Waals surface area (Å²) in [6, 6.07) is 6.85. The summed E-state index contributed by atoms with van der Waals surface area (Å²) < 4.78 is 0. The van der Waals surface area contributed by atoms with Crippen molar-refractivity contribution in [3.63, 3.8) is 0 Å². The van der Waals surface area contributed by atoms with Crippen LogP contribution in [0.15, 0.2) is 24.3 Å². The van der Waals surface area contributed by atoms with Gasteiger partial charge in [-0.3, -0.25) is 9.59 Å². The minimum Gasteiger partial charge on any atom is -0.396 e. The number of halogens is 1. The Kier molecular flexibility index (Phi) is 5.20. The van der Waals surface area contributed by atoms with Crippen molar-refractivity contribution >= 4 is 29.1 Å². The zero-order valence-corrected chi connectivity index (χ0v) is 12.6. The van der Waals surface area contributed by atoms with E-state index in [1.807, 2.05) is 6.92 Å². The van der Waals surface area contributed by atoms with E-state index in [4.69, 9.17) is 16.7 Å². The molecule has 1 aromatic rings. The summed E-state index contributed by atoms with van der Waals surface area (Å²) in [5, 5.41) is 12.2. The molecule has 5 nitrogen and oxygen atoms in total. The normalized spacial score (nSPS) is 19.7. The number of hydrogen-bond acceptors (Lipinski definition) is 3. The number of rotatable bonds is 5.